The van der Waals surface area contributed by atoms with Crippen LogP contribution in [0.3, 0.4) is 0 Å². The normalized spacial score (nSPS) is 14.5. The monoisotopic (exact) mass is 218 g/mol. The molecule has 2 rings (SSSR count). The van der Waals surface area contributed by atoms with Crippen LogP contribution >= 0.6 is 0 Å². The molecule has 0 aliphatic heterocycles. The van der Waals surface area contributed by atoms with E-state index in [1.807, 2.05) is 0 Å². The van der Waals surface area contributed by atoms with Crippen molar-refractivity contribution in [3.05, 3.63) is 22.7 Å². The van der Waals surface area contributed by atoms with E-state index in [-0.39, 0.29) is 5.56 Å². The van der Waals surface area contributed by atoms with Gasteiger partial charge in [-0.2, -0.15) is 5.26 Å². The Bertz CT molecular complexity index is 470. The van der Waals surface area contributed by atoms with Gasteiger partial charge in [-0.1, -0.05) is 0 Å². The molecule has 1 aromatic rings. The molecule has 1 aliphatic rings. The lowest BCUT2D eigenvalue weighted by molar-refractivity contribution is 0.691. The lowest BCUT2D eigenvalue weighted by atomic mass is 10.4. The minimum atomic E-state index is -0.0505. The highest BCUT2D eigenvalue weighted by Gasteiger charge is 2.25. The maximum atomic E-state index is 12.0. The molecule has 1 heterocycles. The van der Waals surface area contributed by atoms with Crippen LogP contribution in [0.25, 0.3) is 0 Å². The van der Waals surface area contributed by atoms with Crippen molar-refractivity contribution in [2.75, 3.05) is 18.5 Å². The number of nitriles is 1. The number of rotatable bonds is 4. The third-order valence-electron chi connectivity index (χ3n) is 2.71. The van der Waals surface area contributed by atoms with Gasteiger partial charge in [0, 0.05) is 32.0 Å². The lowest BCUT2D eigenvalue weighted by Crippen LogP contribution is -2.30. The molecule has 0 radical (unpaired) electrons. The second-order valence-electron chi connectivity index (χ2n) is 4.02. The molecule has 0 spiro atoms. The summed E-state index contributed by atoms with van der Waals surface area (Å²) in [5.41, 5.74) is -0.0505. The van der Waals surface area contributed by atoms with Crippen molar-refractivity contribution < 1.29 is 0 Å². The van der Waals surface area contributed by atoms with Crippen molar-refractivity contribution in [1.29, 1.82) is 5.26 Å². The van der Waals surface area contributed by atoms with Gasteiger partial charge in [0.15, 0.2) is 5.82 Å². The number of hydrogen-bond donors (Lipinski definition) is 0. The van der Waals surface area contributed by atoms with E-state index < -0.39 is 0 Å². The number of hydrogen-bond acceptors (Lipinski definition) is 4. The maximum Gasteiger partial charge on any atom is 0.293 e. The molecule has 5 nitrogen and oxygen atoms in total. The highest BCUT2D eigenvalue weighted by molar-refractivity contribution is 5.34. The van der Waals surface area contributed by atoms with Crippen molar-refractivity contribution >= 4 is 5.82 Å². The summed E-state index contributed by atoms with van der Waals surface area (Å²) in [4.78, 5) is 17.9. The van der Waals surface area contributed by atoms with Crippen molar-refractivity contribution in [3.63, 3.8) is 0 Å². The highest BCUT2D eigenvalue weighted by Crippen LogP contribution is 2.33. The molecule has 0 aromatic carbocycles. The van der Waals surface area contributed by atoms with E-state index >= 15 is 0 Å². The van der Waals surface area contributed by atoms with Gasteiger partial charge in [0.2, 0.25) is 0 Å². The van der Waals surface area contributed by atoms with Gasteiger partial charge in [0.05, 0.1) is 12.5 Å². The van der Waals surface area contributed by atoms with Gasteiger partial charge in [-0.15, -0.1) is 0 Å². The summed E-state index contributed by atoms with van der Waals surface area (Å²) in [5.74, 6) is 0.435. The Morgan fingerprint density at radius 3 is 3.06 bits per heavy atom. The summed E-state index contributed by atoms with van der Waals surface area (Å²) < 4.78 is 1.74. The zero-order chi connectivity index (χ0) is 11.5. The Kier molecular flexibility index (Phi) is 2.91. The van der Waals surface area contributed by atoms with Crippen LogP contribution in [0.5, 0.6) is 0 Å². The molecule has 1 saturated carbocycles. The molecular weight excluding hydrogens is 204 g/mol. The molecule has 0 amide bonds. The summed E-state index contributed by atoms with van der Waals surface area (Å²) >= 11 is 0. The molecule has 0 N–H and O–H groups in total. The van der Waals surface area contributed by atoms with Crippen molar-refractivity contribution in [2.45, 2.75) is 25.3 Å². The zero-order valence-electron chi connectivity index (χ0n) is 9.26. The van der Waals surface area contributed by atoms with Gasteiger partial charge < -0.3 is 9.47 Å². The molecule has 0 saturated heterocycles. The Morgan fingerprint density at radius 1 is 1.69 bits per heavy atom. The van der Waals surface area contributed by atoms with Gasteiger partial charge in [0.1, 0.15) is 0 Å². The Labute approximate surface area is 93.9 Å². The van der Waals surface area contributed by atoms with E-state index in [2.05, 4.69) is 11.1 Å². The van der Waals surface area contributed by atoms with Gasteiger partial charge in [-0.25, -0.2) is 4.98 Å². The van der Waals surface area contributed by atoms with Crippen LogP contribution in [0, 0.1) is 11.3 Å². The molecule has 0 atom stereocenters. The number of anilines is 1. The summed E-state index contributed by atoms with van der Waals surface area (Å²) in [6, 6.07) is 2.42. The van der Waals surface area contributed by atoms with Gasteiger partial charge in [0.25, 0.3) is 5.56 Å². The smallest absolute Gasteiger partial charge is 0.293 e. The van der Waals surface area contributed by atoms with Crippen molar-refractivity contribution in [3.8, 4) is 6.07 Å². The topological polar surface area (TPSA) is 61.9 Å². The average Bonchev–Trinajstić information content (AvgIpc) is 3.10. The second kappa shape index (κ2) is 4.35. The Morgan fingerprint density at radius 2 is 2.44 bits per heavy atom. The van der Waals surface area contributed by atoms with E-state index in [0.29, 0.717) is 24.8 Å². The minimum Gasteiger partial charge on any atom is -0.354 e. The lowest BCUT2D eigenvalue weighted by Gasteiger charge is -2.16. The van der Waals surface area contributed by atoms with E-state index in [1.165, 1.54) is 0 Å². The minimum absolute atomic E-state index is 0.0505. The van der Waals surface area contributed by atoms with Gasteiger partial charge >= 0.3 is 0 Å². The van der Waals surface area contributed by atoms with E-state index in [9.17, 15) is 4.79 Å². The maximum absolute atomic E-state index is 12.0. The third kappa shape index (κ3) is 2.06. The molecule has 5 heteroatoms. The van der Waals surface area contributed by atoms with Crippen LogP contribution in [0.2, 0.25) is 0 Å². The second-order valence-corrected chi connectivity index (χ2v) is 4.02. The Hall–Kier alpha value is -1.83. The van der Waals surface area contributed by atoms with Crippen LogP contribution in [-0.2, 0) is 0 Å². The van der Waals surface area contributed by atoms with Crippen molar-refractivity contribution in [1.82, 2.24) is 9.55 Å². The first-order valence-electron chi connectivity index (χ1n) is 5.39. The first kappa shape index (κ1) is 10.7. The highest BCUT2D eigenvalue weighted by atomic mass is 16.1. The van der Waals surface area contributed by atoms with Crippen LogP contribution in [0.15, 0.2) is 17.2 Å². The fourth-order valence-electron chi connectivity index (χ4n) is 1.64. The van der Waals surface area contributed by atoms with Crippen LogP contribution < -0.4 is 10.5 Å². The molecule has 84 valence electrons. The number of nitrogens with zero attached hydrogens (tertiary/aromatic N) is 4. The van der Waals surface area contributed by atoms with E-state index in [0.717, 1.165) is 12.8 Å². The van der Waals surface area contributed by atoms with Crippen molar-refractivity contribution in [2.24, 2.45) is 0 Å². The quantitative estimate of drug-likeness (QED) is 0.754. The average molecular weight is 218 g/mol. The molecule has 0 unspecified atom stereocenters. The first-order chi connectivity index (χ1) is 7.74. The van der Waals surface area contributed by atoms with E-state index in [4.69, 9.17) is 5.26 Å². The molecule has 16 heavy (non-hydrogen) atoms. The summed E-state index contributed by atoms with van der Waals surface area (Å²) in [6.45, 7) is 0.535. The zero-order valence-corrected chi connectivity index (χ0v) is 9.26. The predicted molar refractivity (Wildman–Crippen MR) is 60.3 cm³/mol. The summed E-state index contributed by atoms with van der Waals surface area (Å²) in [5, 5.41) is 8.50. The SMILES string of the molecule is CN(CCC#N)c1nccn(C2CC2)c1=O. The third-order valence-corrected chi connectivity index (χ3v) is 2.71. The molecule has 1 aromatic heterocycles. The fraction of sp³-hybridized carbons (Fsp3) is 0.545. The van der Waals surface area contributed by atoms with Crippen LogP contribution in [0.4, 0.5) is 5.82 Å². The standard InChI is InChI=1S/C11H14N4O/c1-14(7-2-5-12)10-11(16)15(8-6-13-10)9-3-4-9/h6,8-9H,2-4,7H2,1H3. The summed E-state index contributed by atoms with van der Waals surface area (Å²) in [7, 11) is 1.79. The summed E-state index contributed by atoms with van der Waals surface area (Å²) in [6.07, 6.45) is 5.94. The largest absolute Gasteiger partial charge is 0.354 e. The van der Waals surface area contributed by atoms with Gasteiger partial charge in [-0.05, 0) is 12.8 Å². The molecule has 1 fully saturated rings. The van der Waals surface area contributed by atoms with Gasteiger partial charge in [-0.3, -0.25) is 4.79 Å². The first-order valence-corrected chi connectivity index (χ1v) is 5.39. The molecule has 1 aliphatic carbocycles. The molecular formula is C11H14N4O. The Balaban J connectivity index is 2.24. The number of aromatic nitrogens is 2. The fourth-order valence-corrected chi connectivity index (χ4v) is 1.64. The van der Waals surface area contributed by atoms with E-state index in [1.54, 1.807) is 28.9 Å². The van der Waals surface area contributed by atoms with Crippen LogP contribution in [-0.4, -0.2) is 23.1 Å². The molecule has 0 bridgehead atoms. The van der Waals surface area contributed by atoms with Crippen LogP contribution in [0.1, 0.15) is 25.3 Å². The predicted octanol–water partition coefficient (Wildman–Crippen LogP) is 0.928.